The highest BCUT2D eigenvalue weighted by Gasteiger charge is 2.08. The summed E-state index contributed by atoms with van der Waals surface area (Å²) in [5.74, 6) is -1.62. The third-order valence-electron chi connectivity index (χ3n) is 3.00. The number of nitrogens with zero attached hydrogens (tertiary/aromatic N) is 1. The summed E-state index contributed by atoms with van der Waals surface area (Å²) in [5.41, 5.74) is 1.74. The minimum Gasteiger partial charge on any atom is -0.310 e. The second-order valence-electron chi connectivity index (χ2n) is 4.42. The molecule has 0 amide bonds. The summed E-state index contributed by atoms with van der Waals surface area (Å²) in [7, 11) is 0. The zero-order chi connectivity index (χ0) is 13.7. The number of halogens is 2. The van der Waals surface area contributed by atoms with Crippen molar-refractivity contribution in [2.24, 2.45) is 0 Å². The first-order chi connectivity index (χ1) is 9.16. The van der Waals surface area contributed by atoms with E-state index in [2.05, 4.69) is 10.3 Å². The van der Waals surface area contributed by atoms with Crippen molar-refractivity contribution in [3.63, 3.8) is 0 Å². The summed E-state index contributed by atoms with van der Waals surface area (Å²) in [6, 6.07) is 9.73. The van der Waals surface area contributed by atoms with Gasteiger partial charge in [-0.05, 0) is 36.8 Å². The maximum Gasteiger partial charge on any atom is 0.159 e. The minimum absolute atomic E-state index is 0.0289. The van der Waals surface area contributed by atoms with Gasteiger partial charge in [-0.3, -0.25) is 4.98 Å². The molecule has 2 rings (SSSR count). The molecule has 0 fully saturated rings. The van der Waals surface area contributed by atoms with E-state index >= 15 is 0 Å². The van der Waals surface area contributed by atoms with Crippen molar-refractivity contribution in [3.8, 4) is 0 Å². The van der Waals surface area contributed by atoms with Crippen molar-refractivity contribution < 1.29 is 8.78 Å². The predicted molar refractivity (Wildman–Crippen MR) is 70.7 cm³/mol. The summed E-state index contributed by atoms with van der Waals surface area (Å²) >= 11 is 0. The molecule has 0 saturated heterocycles. The number of rotatable bonds is 5. The first-order valence-corrected chi connectivity index (χ1v) is 6.25. The molecule has 1 heterocycles. The lowest BCUT2D eigenvalue weighted by Gasteiger charge is -2.14. The van der Waals surface area contributed by atoms with Crippen molar-refractivity contribution in [1.29, 1.82) is 0 Å². The van der Waals surface area contributed by atoms with Gasteiger partial charge in [-0.15, -0.1) is 0 Å². The molecule has 1 unspecified atom stereocenters. The van der Waals surface area contributed by atoms with Crippen LogP contribution in [0.4, 0.5) is 8.78 Å². The monoisotopic (exact) mass is 262 g/mol. The van der Waals surface area contributed by atoms with Gasteiger partial charge in [-0.1, -0.05) is 12.1 Å². The van der Waals surface area contributed by atoms with Crippen LogP contribution < -0.4 is 5.32 Å². The van der Waals surface area contributed by atoms with Gasteiger partial charge in [-0.25, -0.2) is 8.78 Å². The molecule has 0 aliphatic rings. The van der Waals surface area contributed by atoms with Gasteiger partial charge in [0.05, 0.1) is 0 Å². The van der Waals surface area contributed by atoms with Crippen LogP contribution in [0.15, 0.2) is 42.6 Å². The van der Waals surface area contributed by atoms with Gasteiger partial charge < -0.3 is 5.32 Å². The first-order valence-electron chi connectivity index (χ1n) is 6.25. The van der Waals surface area contributed by atoms with E-state index in [1.54, 1.807) is 12.3 Å². The largest absolute Gasteiger partial charge is 0.310 e. The molecule has 2 aromatic rings. The van der Waals surface area contributed by atoms with Crippen LogP contribution in [-0.2, 0) is 6.42 Å². The Balaban J connectivity index is 1.87. The Morgan fingerprint density at radius 2 is 2.00 bits per heavy atom. The average molecular weight is 262 g/mol. The number of hydrogen-bond donors (Lipinski definition) is 1. The molecule has 19 heavy (non-hydrogen) atoms. The quantitative estimate of drug-likeness (QED) is 0.894. The van der Waals surface area contributed by atoms with Crippen LogP contribution in [0.1, 0.15) is 24.2 Å². The molecule has 0 radical (unpaired) electrons. The molecule has 0 spiro atoms. The number of aromatic nitrogens is 1. The van der Waals surface area contributed by atoms with Crippen molar-refractivity contribution in [3.05, 3.63) is 65.5 Å². The summed E-state index contributed by atoms with van der Waals surface area (Å²) in [4.78, 5) is 4.22. The zero-order valence-electron chi connectivity index (χ0n) is 10.7. The van der Waals surface area contributed by atoms with Gasteiger partial charge in [0, 0.05) is 30.9 Å². The number of pyridine rings is 1. The molecule has 0 aliphatic heterocycles. The third-order valence-corrected chi connectivity index (χ3v) is 3.00. The summed E-state index contributed by atoms with van der Waals surface area (Å²) in [6.45, 7) is 2.66. The van der Waals surface area contributed by atoms with Crippen LogP contribution in [0.3, 0.4) is 0 Å². The molecule has 1 aromatic carbocycles. The maximum absolute atomic E-state index is 13.1. The van der Waals surface area contributed by atoms with E-state index in [1.807, 2.05) is 25.1 Å². The van der Waals surface area contributed by atoms with Crippen LogP contribution in [0.25, 0.3) is 0 Å². The minimum atomic E-state index is -0.815. The van der Waals surface area contributed by atoms with E-state index in [9.17, 15) is 8.78 Å². The average Bonchev–Trinajstić information content (AvgIpc) is 2.43. The first kappa shape index (κ1) is 13.6. The van der Waals surface area contributed by atoms with Gasteiger partial charge in [0.1, 0.15) is 0 Å². The highest BCUT2D eigenvalue weighted by atomic mass is 19.2. The second-order valence-corrected chi connectivity index (χ2v) is 4.42. The number of hydrogen-bond acceptors (Lipinski definition) is 2. The Kier molecular flexibility index (Phi) is 4.58. The molecule has 2 nitrogen and oxygen atoms in total. The highest BCUT2D eigenvalue weighted by Crippen LogP contribution is 2.15. The SMILES string of the molecule is CC(NCCc1ccccn1)c1ccc(F)c(F)c1. The molecule has 0 bridgehead atoms. The van der Waals surface area contributed by atoms with Crippen molar-refractivity contribution >= 4 is 0 Å². The van der Waals surface area contributed by atoms with Gasteiger partial charge >= 0.3 is 0 Å². The molecule has 0 aliphatic carbocycles. The maximum atomic E-state index is 13.1. The predicted octanol–water partition coefficient (Wildman–Crippen LogP) is 3.25. The van der Waals surface area contributed by atoms with Crippen molar-refractivity contribution in [2.45, 2.75) is 19.4 Å². The fraction of sp³-hybridized carbons (Fsp3) is 0.267. The van der Waals surface area contributed by atoms with E-state index in [0.717, 1.165) is 30.3 Å². The summed E-state index contributed by atoms with van der Waals surface area (Å²) in [6.07, 6.45) is 2.56. The van der Waals surface area contributed by atoms with E-state index < -0.39 is 11.6 Å². The Morgan fingerprint density at radius 1 is 1.16 bits per heavy atom. The van der Waals surface area contributed by atoms with Crippen LogP contribution in [0.2, 0.25) is 0 Å². The van der Waals surface area contributed by atoms with Crippen LogP contribution in [0, 0.1) is 11.6 Å². The summed E-state index contributed by atoms with van der Waals surface area (Å²) in [5, 5.41) is 3.26. The van der Waals surface area contributed by atoms with Gasteiger partial charge in [-0.2, -0.15) is 0 Å². The lowest BCUT2D eigenvalue weighted by molar-refractivity contribution is 0.501. The smallest absolute Gasteiger partial charge is 0.159 e. The molecule has 100 valence electrons. The van der Waals surface area contributed by atoms with Gasteiger partial charge in [0.2, 0.25) is 0 Å². The second kappa shape index (κ2) is 6.38. The fourth-order valence-electron chi connectivity index (χ4n) is 1.86. The van der Waals surface area contributed by atoms with Gasteiger partial charge in [0.15, 0.2) is 11.6 Å². The van der Waals surface area contributed by atoms with Crippen molar-refractivity contribution in [1.82, 2.24) is 10.3 Å². The number of nitrogens with one attached hydrogen (secondary N) is 1. The fourth-order valence-corrected chi connectivity index (χ4v) is 1.86. The highest BCUT2D eigenvalue weighted by molar-refractivity contribution is 5.20. The molecule has 4 heteroatoms. The summed E-state index contributed by atoms with van der Waals surface area (Å²) < 4.78 is 25.9. The molecule has 1 aromatic heterocycles. The lowest BCUT2D eigenvalue weighted by Crippen LogP contribution is -2.21. The Labute approximate surface area is 111 Å². The van der Waals surface area contributed by atoms with Crippen LogP contribution >= 0.6 is 0 Å². The Morgan fingerprint density at radius 3 is 2.68 bits per heavy atom. The standard InChI is InChI=1S/C15H16F2N2/c1-11(12-5-6-14(16)15(17)10-12)18-9-7-13-4-2-3-8-19-13/h2-6,8,10-11,18H,7,9H2,1H3. The molecule has 1 N–H and O–H groups in total. The molecular weight excluding hydrogens is 246 g/mol. The Hall–Kier alpha value is -1.81. The van der Waals surface area contributed by atoms with Crippen molar-refractivity contribution in [2.75, 3.05) is 6.54 Å². The van der Waals surface area contributed by atoms with Crippen LogP contribution in [-0.4, -0.2) is 11.5 Å². The number of benzene rings is 1. The lowest BCUT2D eigenvalue weighted by atomic mass is 10.1. The van der Waals surface area contributed by atoms with Gasteiger partial charge in [0.25, 0.3) is 0 Å². The molecular formula is C15H16F2N2. The van der Waals surface area contributed by atoms with E-state index in [4.69, 9.17) is 0 Å². The normalized spacial score (nSPS) is 12.4. The van der Waals surface area contributed by atoms with E-state index in [-0.39, 0.29) is 6.04 Å². The molecule has 0 saturated carbocycles. The third kappa shape index (κ3) is 3.83. The Bertz CT molecular complexity index is 529. The van der Waals surface area contributed by atoms with E-state index in [1.165, 1.54) is 6.07 Å². The zero-order valence-corrected chi connectivity index (χ0v) is 10.7. The topological polar surface area (TPSA) is 24.9 Å². The molecule has 1 atom stereocenters. The van der Waals surface area contributed by atoms with Crippen LogP contribution in [0.5, 0.6) is 0 Å². The van der Waals surface area contributed by atoms with E-state index in [0.29, 0.717) is 0 Å².